The summed E-state index contributed by atoms with van der Waals surface area (Å²) in [4.78, 5) is 23.5. The molecule has 0 bridgehead atoms. The zero-order valence-electron chi connectivity index (χ0n) is 19.2. The Bertz CT molecular complexity index is 1480. The highest BCUT2D eigenvalue weighted by atomic mass is 35.5. The molecule has 12 heteroatoms. The summed E-state index contributed by atoms with van der Waals surface area (Å²) >= 11 is 5.63. The number of carbonyl (C=O) groups excluding carboxylic acids is 1. The highest BCUT2D eigenvalue weighted by molar-refractivity contribution is 6.30. The number of hydrogen-bond donors (Lipinski definition) is 3. The van der Waals surface area contributed by atoms with Crippen LogP contribution in [0.25, 0.3) is 11.0 Å². The number of carbonyl (C=O) groups is 1. The lowest BCUT2D eigenvalue weighted by Gasteiger charge is -2.28. The maximum absolute atomic E-state index is 14.5. The number of urea groups is 1. The largest absolute Gasteiger partial charge is 0.454 e. The van der Waals surface area contributed by atoms with E-state index in [9.17, 15) is 18.0 Å². The van der Waals surface area contributed by atoms with Crippen molar-refractivity contribution < 1.29 is 22.7 Å². The predicted molar refractivity (Wildman–Crippen MR) is 135 cm³/mol. The molecule has 1 saturated heterocycles. The van der Waals surface area contributed by atoms with Crippen LogP contribution in [0.5, 0.6) is 11.5 Å². The summed E-state index contributed by atoms with van der Waals surface area (Å²) in [6, 6.07) is 9.61. The van der Waals surface area contributed by atoms with E-state index in [0.717, 1.165) is 44.4 Å². The highest BCUT2D eigenvalue weighted by Gasteiger charge is 2.17. The van der Waals surface area contributed by atoms with Gasteiger partial charge in [0.15, 0.2) is 11.6 Å². The summed E-state index contributed by atoms with van der Waals surface area (Å²) in [5.41, 5.74) is 1.18. The Kier molecular flexibility index (Phi) is 6.97. The molecule has 0 unspecified atom stereocenters. The molecule has 1 aromatic heterocycles. The van der Waals surface area contributed by atoms with Crippen molar-refractivity contribution in [2.24, 2.45) is 0 Å². The van der Waals surface area contributed by atoms with E-state index in [1.807, 2.05) is 0 Å². The number of nitrogens with zero attached hydrogens (tertiary/aromatic N) is 3. The quantitative estimate of drug-likeness (QED) is 0.315. The number of halogens is 4. The number of rotatable bonds is 5. The molecule has 0 radical (unpaired) electrons. The van der Waals surface area contributed by atoms with E-state index in [1.165, 1.54) is 12.1 Å². The third-order valence-corrected chi connectivity index (χ3v) is 5.91. The zero-order valence-corrected chi connectivity index (χ0v) is 20.0. The Morgan fingerprint density at radius 3 is 2.49 bits per heavy atom. The molecule has 5 rings (SSSR count). The molecule has 2 amide bonds. The molecule has 1 fully saturated rings. The maximum atomic E-state index is 14.5. The fourth-order valence-electron chi connectivity index (χ4n) is 3.80. The van der Waals surface area contributed by atoms with Gasteiger partial charge in [0.2, 0.25) is 5.82 Å². The first-order valence-corrected chi connectivity index (χ1v) is 11.7. The van der Waals surface area contributed by atoms with E-state index in [4.69, 9.17) is 16.3 Å². The molecular formula is C25H20ClF3N6O2. The van der Waals surface area contributed by atoms with Crippen molar-refractivity contribution in [2.45, 2.75) is 0 Å². The van der Waals surface area contributed by atoms with Crippen molar-refractivity contribution in [2.75, 3.05) is 41.7 Å². The van der Waals surface area contributed by atoms with Crippen LogP contribution in [-0.2, 0) is 0 Å². The molecule has 2 heterocycles. The van der Waals surface area contributed by atoms with Crippen LogP contribution in [0, 0.1) is 17.5 Å². The van der Waals surface area contributed by atoms with Crippen molar-refractivity contribution in [3.05, 3.63) is 77.2 Å². The Morgan fingerprint density at radius 2 is 1.70 bits per heavy atom. The zero-order chi connectivity index (χ0) is 25.9. The van der Waals surface area contributed by atoms with Gasteiger partial charge in [-0.15, -0.1) is 0 Å². The fraction of sp³-hybridized carbons (Fsp3) is 0.160. The average molecular weight is 529 g/mol. The third-order valence-electron chi connectivity index (χ3n) is 5.60. The number of benzene rings is 3. The van der Waals surface area contributed by atoms with Gasteiger partial charge in [-0.05, 0) is 30.3 Å². The van der Waals surface area contributed by atoms with Gasteiger partial charge >= 0.3 is 6.03 Å². The smallest absolute Gasteiger partial charge is 0.323 e. The van der Waals surface area contributed by atoms with Gasteiger partial charge in [0.1, 0.15) is 17.4 Å². The minimum Gasteiger partial charge on any atom is -0.454 e. The lowest BCUT2D eigenvalue weighted by molar-refractivity contribution is 0.262. The molecule has 0 atom stereocenters. The van der Waals surface area contributed by atoms with Crippen LogP contribution in [0.4, 0.5) is 35.2 Å². The molecule has 0 aliphatic carbocycles. The summed E-state index contributed by atoms with van der Waals surface area (Å²) < 4.78 is 48.1. The molecule has 190 valence electrons. The van der Waals surface area contributed by atoms with Crippen molar-refractivity contribution >= 4 is 45.9 Å². The van der Waals surface area contributed by atoms with Gasteiger partial charge in [-0.1, -0.05) is 11.6 Å². The van der Waals surface area contributed by atoms with Crippen LogP contribution in [0.1, 0.15) is 0 Å². The maximum Gasteiger partial charge on any atom is 0.323 e. The number of amides is 2. The minimum atomic E-state index is -1.23. The number of anilines is 3. The Morgan fingerprint density at radius 1 is 0.946 bits per heavy atom. The van der Waals surface area contributed by atoms with E-state index in [2.05, 4.69) is 30.8 Å². The molecular weight excluding hydrogens is 509 g/mol. The summed E-state index contributed by atoms with van der Waals surface area (Å²) in [7, 11) is 0. The summed E-state index contributed by atoms with van der Waals surface area (Å²) in [6.07, 6.45) is 1.70. The lowest BCUT2D eigenvalue weighted by Crippen LogP contribution is -2.43. The fourth-order valence-corrected chi connectivity index (χ4v) is 3.91. The average Bonchev–Trinajstić information content (AvgIpc) is 2.89. The summed E-state index contributed by atoms with van der Waals surface area (Å²) in [5, 5.41) is 7.92. The SMILES string of the molecule is O=C(Nc1ccc(Cl)c(F)c1)Nc1cc(F)c(F)c(Oc2ccc3ncc(N4CCNCC4)nc3c2)c1. The summed E-state index contributed by atoms with van der Waals surface area (Å²) in [5.74, 6) is -2.71. The van der Waals surface area contributed by atoms with Gasteiger partial charge in [0, 0.05) is 55.8 Å². The van der Waals surface area contributed by atoms with Gasteiger partial charge < -0.3 is 25.6 Å². The van der Waals surface area contributed by atoms with Crippen LogP contribution in [-0.4, -0.2) is 42.2 Å². The van der Waals surface area contributed by atoms with Crippen molar-refractivity contribution in [3.63, 3.8) is 0 Å². The monoisotopic (exact) mass is 528 g/mol. The van der Waals surface area contributed by atoms with Crippen LogP contribution in [0.15, 0.2) is 54.7 Å². The van der Waals surface area contributed by atoms with Crippen LogP contribution < -0.4 is 25.6 Å². The molecule has 0 spiro atoms. The molecule has 1 aliphatic rings. The molecule has 3 aromatic carbocycles. The standard InChI is InChI=1S/C25H20ClF3N6O2/c26-17-3-1-14(9-18(17)27)32-25(36)33-15-10-19(28)24(29)22(11-15)37-16-2-4-20-21(12-16)34-23(13-31-20)35-7-5-30-6-8-35/h1-4,9-13,30H,5-8H2,(H2,32,33,36). The molecule has 37 heavy (non-hydrogen) atoms. The summed E-state index contributed by atoms with van der Waals surface area (Å²) in [6.45, 7) is 3.27. The molecule has 3 N–H and O–H groups in total. The van der Waals surface area contributed by atoms with Gasteiger partial charge in [-0.2, -0.15) is 4.39 Å². The van der Waals surface area contributed by atoms with Crippen molar-refractivity contribution in [3.8, 4) is 11.5 Å². The minimum absolute atomic E-state index is 0.0811. The molecule has 0 saturated carbocycles. The number of aromatic nitrogens is 2. The Balaban J connectivity index is 1.34. The molecule has 1 aliphatic heterocycles. The van der Waals surface area contributed by atoms with E-state index in [1.54, 1.807) is 24.4 Å². The van der Waals surface area contributed by atoms with Crippen LogP contribution in [0.2, 0.25) is 5.02 Å². The van der Waals surface area contributed by atoms with E-state index >= 15 is 0 Å². The first kappa shape index (κ1) is 24.6. The van der Waals surface area contributed by atoms with Gasteiger partial charge in [0.25, 0.3) is 0 Å². The molecule has 4 aromatic rings. The van der Waals surface area contributed by atoms with Crippen molar-refractivity contribution in [1.82, 2.24) is 15.3 Å². The highest BCUT2D eigenvalue weighted by Crippen LogP contribution is 2.31. The number of hydrogen-bond acceptors (Lipinski definition) is 6. The second-order valence-electron chi connectivity index (χ2n) is 8.20. The Labute approximate surface area is 214 Å². The third kappa shape index (κ3) is 5.68. The van der Waals surface area contributed by atoms with E-state index in [-0.39, 0.29) is 22.1 Å². The molecule has 8 nitrogen and oxygen atoms in total. The first-order valence-electron chi connectivity index (χ1n) is 11.3. The first-order chi connectivity index (χ1) is 17.9. The predicted octanol–water partition coefficient (Wildman–Crippen LogP) is 5.55. The Hall–Kier alpha value is -4.09. The number of nitrogens with one attached hydrogen (secondary N) is 3. The van der Waals surface area contributed by atoms with Gasteiger partial charge in [-0.25, -0.2) is 18.6 Å². The number of piperazine rings is 1. The van der Waals surface area contributed by atoms with Crippen LogP contribution >= 0.6 is 11.6 Å². The topological polar surface area (TPSA) is 91.4 Å². The van der Waals surface area contributed by atoms with Gasteiger partial charge in [0.05, 0.1) is 22.3 Å². The number of fused-ring (bicyclic) bond motifs is 1. The lowest BCUT2D eigenvalue weighted by atomic mass is 10.2. The second kappa shape index (κ2) is 10.5. The normalized spacial score (nSPS) is 13.5. The number of ether oxygens (including phenoxy) is 1. The van der Waals surface area contributed by atoms with E-state index in [0.29, 0.717) is 16.9 Å². The second-order valence-corrected chi connectivity index (χ2v) is 8.60. The van der Waals surface area contributed by atoms with E-state index < -0.39 is 29.2 Å². The van der Waals surface area contributed by atoms with Crippen LogP contribution in [0.3, 0.4) is 0 Å². The van der Waals surface area contributed by atoms with Gasteiger partial charge in [-0.3, -0.25) is 4.98 Å². The van der Waals surface area contributed by atoms with Crippen molar-refractivity contribution in [1.29, 1.82) is 0 Å².